The lowest BCUT2D eigenvalue weighted by Crippen LogP contribution is -1.93. The van der Waals surface area contributed by atoms with E-state index in [0.717, 1.165) is 5.56 Å². The summed E-state index contributed by atoms with van der Waals surface area (Å²) in [7, 11) is 0. The van der Waals surface area contributed by atoms with E-state index in [-0.39, 0.29) is 12.4 Å². The fourth-order valence-electron chi connectivity index (χ4n) is 1.14. The molecule has 1 aromatic rings. The second kappa shape index (κ2) is 2.95. The predicted octanol–water partition coefficient (Wildman–Crippen LogP) is 1.26. The van der Waals surface area contributed by atoms with Gasteiger partial charge in [-0.3, -0.25) is 4.79 Å². The minimum absolute atomic E-state index is 0.0589. The van der Waals surface area contributed by atoms with E-state index in [0.29, 0.717) is 6.47 Å². The van der Waals surface area contributed by atoms with Crippen molar-refractivity contribution in [3.05, 3.63) is 35.9 Å². The highest BCUT2D eigenvalue weighted by molar-refractivity contribution is 5.38. The molecular formula is C9H8O3. The van der Waals surface area contributed by atoms with Gasteiger partial charge < -0.3 is 9.47 Å². The Hall–Kier alpha value is -1.35. The molecule has 0 bridgehead atoms. The monoisotopic (exact) mass is 164 g/mol. The number of hydrogen-bond acceptors (Lipinski definition) is 3. The molecule has 1 heterocycles. The molecule has 12 heavy (non-hydrogen) atoms. The molecule has 62 valence electrons. The van der Waals surface area contributed by atoms with E-state index >= 15 is 0 Å². The number of rotatable bonds is 3. The Morgan fingerprint density at radius 1 is 1.33 bits per heavy atom. The van der Waals surface area contributed by atoms with Crippen molar-refractivity contribution in [2.24, 2.45) is 0 Å². The van der Waals surface area contributed by atoms with Crippen molar-refractivity contribution in [3.8, 4) is 0 Å². The van der Waals surface area contributed by atoms with Crippen LogP contribution in [0.25, 0.3) is 0 Å². The van der Waals surface area contributed by atoms with Gasteiger partial charge in [-0.05, 0) is 5.56 Å². The van der Waals surface area contributed by atoms with E-state index in [1.807, 2.05) is 30.3 Å². The van der Waals surface area contributed by atoms with Crippen molar-refractivity contribution < 1.29 is 14.3 Å². The van der Waals surface area contributed by atoms with Gasteiger partial charge >= 0.3 is 0 Å². The number of carbonyl (C=O) groups excluding carboxylic acids is 1. The number of benzene rings is 1. The second-order valence-electron chi connectivity index (χ2n) is 2.57. The van der Waals surface area contributed by atoms with Crippen LogP contribution < -0.4 is 0 Å². The lowest BCUT2D eigenvalue weighted by molar-refractivity contribution is -0.133. The second-order valence-corrected chi connectivity index (χ2v) is 2.57. The zero-order valence-corrected chi connectivity index (χ0v) is 6.34. The van der Waals surface area contributed by atoms with Gasteiger partial charge in [0, 0.05) is 0 Å². The molecule has 0 aromatic heterocycles. The van der Waals surface area contributed by atoms with Crippen LogP contribution in [0.5, 0.6) is 0 Å². The molecule has 1 aliphatic rings. The zero-order chi connectivity index (χ0) is 8.39. The molecule has 0 radical (unpaired) electrons. The Kier molecular flexibility index (Phi) is 1.80. The average Bonchev–Trinajstić information content (AvgIpc) is 2.87. The summed E-state index contributed by atoms with van der Waals surface area (Å²) in [6.45, 7) is 0.410. The van der Waals surface area contributed by atoms with Crippen LogP contribution in [0.1, 0.15) is 11.7 Å². The first-order chi connectivity index (χ1) is 5.92. The van der Waals surface area contributed by atoms with Crippen LogP contribution in [-0.2, 0) is 14.3 Å². The van der Waals surface area contributed by atoms with Gasteiger partial charge in [-0.1, -0.05) is 30.3 Å². The molecule has 1 aromatic carbocycles. The number of carbonyl (C=O) groups is 1. The molecule has 1 saturated heterocycles. The van der Waals surface area contributed by atoms with Crippen LogP contribution in [0.15, 0.2) is 30.3 Å². The van der Waals surface area contributed by atoms with Gasteiger partial charge in [-0.2, -0.15) is 0 Å². The fraction of sp³-hybridized carbons (Fsp3) is 0.222. The highest BCUT2D eigenvalue weighted by Gasteiger charge is 2.42. The summed E-state index contributed by atoms with van der Waals surface area (Å²) in [5.41, 5.74) is 1.05. The van der Waals surface area contributed by atoms with Crippen molar-refractivity contribution >= 4 is 6.47 Å². The van der Waals surface area contributed by atoms with Crippen LogP contribution >= 0.6 is 0 Å². The van der Waals surface area contributed by atoms with Crippen LogP contribution in [-0.4, -0.2) is 12.8 Å². The Labute approximate surface area is 69.9 Å². The zero-order valence-electron chi connectivity index (χ0n) is 6.34. The third-order valence-corrected chi connectivity index (χ3v) is 1.77. The highest BCUT2D eigenvalue weighted by Crippen LogP contribution is 2.38. The maximum Gasteiger partial charge on any atom is 0.295 e. The quantitative estimate of drug-likeness (QED) is 0.498. The molecule has 2 atom stereocenters. The van der Waals surface area contributed by atoms with Gasteiger partial charge in [-0.25, -0.2) is 0 Å². The van der Waals surface area contributed by atoms with Gasteiger partial charge in [0.15, 0.2) is 0 Å². The molecule has 0 saturated carbocycles. The largest absolute Gasteiger partial charge is 0.435 e. The van der Waals surface area contributed by atoms with Crippen molar-refractivity contribution in [3.63, 3.8) is 0 Å². The van der Waals surface area contributed by atoms with Crippen molar-refractivity contribution in [2.45, 2.75) is 12.4 Å². The van der Waals surface area contributed by atoms with Gasteiger partial charge in [0.1, 0.15) is 6.10 Å². The molecule has 3 heteroatoms. The first kappa shape index (κ1) is 7.31. The Morgan fingerprint density at radius 2 is 2.08 bits per heavy atom. The van der Waals surface area contributed by atoms with Crippen LogP contribution in [0, 0.1) is 0 Å². The van der Waals surface area contributed by atoms with E-state index in [2.05, 4.69) is 4.74 Å². The average molecular weight is 164 g/mol. The van der Waals surface area contributed by atoms with Gasteiger partial charge in [0.05, 0.1) is 0 Å². The summed E-state index contributed by atoms with van der Waals surface area (Å²) in [5.74, 6) is 0. The molecule has 0 unspecified atom stereocenters. The predicted molar refractivity (Wildman–Crippen MR) is 41.2 cm³/mol. The molecule has 2 rings (SSSR count). The Balaban J connectivity index is 2.01. The fourth-order valence-corrected chi connectivity index (χ4v) is 1.14. The minimum atomic E-state index is -0.370. The molecule has 0 aliphatic carbocycles. The van der Waals surface area contributed by atoms with Crippen molar-refractivity contribution in [1.29, 1.82) is 0 Å². The van der Waals surface area contributed by atoms with E-state index in [1.54, 1.807) is 0 Å². The van der Waals surface area contributed by atoms with E-state index < -0.39 is 0 Å². The summed E-state index contributed by atoms with van der Waals surface area (Å²) < 4.78 is 9.71. The van der Waals surface area contributed by atoms with E-state index in [4.69, 9.17) is 4.74 Å². The molecule has 1 fully saturated rings. The Morgan fingerprint density at radius 3 is 2.75 bits per heavy atom. The summed E-state index contributed by atoms with van der Waals surface area (Å²) >= 11 is 0. The molecule has 3 nitrogen and oxygen atoms in total. The SMILES string of the molecule is O=CO[C@@H]1O[C@H]1c1ccccc1. The maximum atomic E-state index is 9.93. The topological polar surface area (TPSA) is 38.8 Å². The number of epoxide rings is 1. The molecule has 0 amide bonds. The number of ether oxygens (including phenoxy) is 2. The maximum absolute atomic E-state index is 9.93. The molecule has 0 spiro atoms. The van der Waals surface area contributed by atoms with E-state index in [1.165, 1.54) is 0 Å². The third kappa shape index (κ3) is 1.31. The highest BCUT2D eigenvalue weighted by atomic mass is 16.8. The summed E-state index contributed by atoms with van der Waals surface area (Å²) in [6, 6.07) is 9.67. The summed E-state index contributed by atoms with van der Waals surface area (Å²) in [4.78, 5) is 9.93. The molecule has 1 aliphatic heterocycles. The standard InChI is InChI=1S/C9H8O3/c10-6-11-9-8(12-9)7-4-2-1-3-5-7/h1-6,8-9H/t8-,9+/m0/s1. The lowest BCUT2D eigenvalue weighted by Gasteiger charge is -1.92. The van der Waals surface area contributed by atoms with Crippen molar-refractivity contribution in [1.82, 2.24) is 0 Å². The smallest absolute Gasteiger partial charge is 0.295 e. The Bertz CT molecular complexity index is 270. The first-order valence-electron chi connectivity index (χ1n) is 3.71. The summed E-state index contributed by atoms with van der Waals surface area (Å²) in [6.07, 6.45) is -0.429. The van der Waals surface area contributed by atoms with Gasteiger partial charge in [0.25, 0.3) is 6.47 Å². The first-order valence-corrected chi connectivity index (χ1v) is 3.71. The lowest BCUT2D eigenvalue weighted by atomic mass is 10.2. The third-order valence-electron chi connectivity index (χ3n) is 1.77. The van der Waals surface area contributed by atoms with E-state index in [9.17, 15) is 4.79 Å². The van der Waals surface area contributed by atoms with Crippen LogP contribution in [0.4, 0.5) is 0 Å². The van der Waals surface area contributed by atoms with Gasteiger partial charge in [0.2, 0.25) is 6.29 Å². The normalized spacial score (nSPS) is 26.3. The van der Waals surface area contributed by atoms with Crippen LogP contribution in [0.3, 0.4) is 0 Å². The minimum Gasteiger partial charge on any atom is -0.435 e. The molecule has 0 N–H and O–H groups in total. The van der Waals surface area contributed by atoms with Gasteiger partial charge in [-0.15, -0.1) is 0 Å². The number of hydrogen-bond donors (Lipinski definition) is 0. The molecular weight excluding hydrogens is 156 g/mol. The van der Waals surface area contributed by atoms with Crippen molar-refractivity contribution in [2.75, 3.05) is 0 Å². The van der Waals surface area contributed by atoms with Crippen LogP contribution in [0.2, 0.25) is 0 Å². The summed E-state index contributed by atoms with van der Waals surface area (Å²) in [5, 5.41) is 0.